The third-order valence-corrected chi connectivity index (χ3v) is 7.30. The highest BCUT2D eigenvalue weighted by atomic mass is 35.5. The highest BCUT2D eigenvalue weighted by Crippen LogP contribution is 2.22. The SMILES string of the molecule is Cc1nc(C)c(CN=C2NC(OCCCc3ccc4sccc4n3)=NC(Cl)C2C)s1. The molecule has 0 saturated carbocycles. The van der Waals surface area contributed by atoms with Crippen molar-refractivity contribution in [1.82, 2.24) is 15.3 Å². The molecule has 0 radical (unpaired) electrons. The van der Waals surface area contributed by atoms with E-state index >= 15 is 0 Å². The average Bonchev–Trinajstić information content (AvgIpc) is 3.31. The molecule has 0 saturated heterocycles. The molecular weight excluding hydrogens is 438 g/mol. The number of aromatic nitrogens is 2. The van der Waals surface area contributed by atoms with Crippen molar-refractivity contribution >= 4 is 56.3 Å². The maximum absolute atomic E-state index is 6.42. The van der Waals surface area contributed by atoms with Crippen molar-refractivity contribution in [2.45, 2.75) is 45.7 Å². The second-order valence-electron chi connectivity index (χ2n) is 7.22. The minimum Gasteiger partial charge on any atom is -0.465 e. The Morgan fingerprint density at radius 3 is 2.90 bits per heavy atom. The van der Waals surface area contributed by atoms with Crippen LogP contribution in [0.1, 0.15) is 34.6 Å². The van der Waals surface area contributed by atoms with Crippen molar-refractivity contribution in [3.63, 3.8) is 0 Å². The first-order chi connectivity index (χ1) is 14.5. The summed E-state index contributed by atoms with van der Waals surface area (Å²) in [4.78, 5) is 19.5. The highest BCUT2D eigenvalue weighted by molar-refractivity contribution is 7.17. The molecule has 1 aliphatic rings. The van der Waals surface area contributed by atoms with Crippen LogP contribution in [0.4, 0.5) is 0 Å². The van der Waals surface area contributed by atoms with Gasteiger partial charge in [-0.15, -0.1) is 22.7 Å². The Balaban J connectivity index is 1.31. The van der Waals surface area contributed by atoms with Crippen molar-refractivity contribution in [2.75, 3.05) is 6.61 Å². The summed E-state index contributed by atoms with van der Waals surface area (Å²) in [6.07, 6.45) is 1.70. The van der Waals surface area contributed by atoms with Crippen LogP contribution in [-0.2, 0) is 17.7 Å². The van der Waals surface area contributed by atoms with Gasteiger partial charge in [0.2, 0.25) is 0 Å². The van der Waals surface area contributed by atoms with Gasteiger partial charge in [0.1, 0.15) is 11.3 Å². The summed E-state index contributed by atoms with van der Waals surface area (Å²) in [5, 5.41) is 6.34. The van der Waals surface area contributed by atoms with E-state index in [1.165, 1.54) is 9.58 Å². The van der Waals surface area contributed by atoms with E-state index < -0.39 is 5.50 Å². The molecule has 0 bridgehead atoms. The van der Waals surface area contributed by atoms with E-state index in [1.807, 2.05) is 20.8 Å². The van der Waals surface area contributed by atoms with Crippen LogP contribution < -0.4 is 5.32 Å². The van der Waals surface area contributed by atoms with E-state index in [2.05, 4.69) is 43.9 Å². The van der Waals surface area contributed by atoms with Gasteiger partial charge in [0.05, 0.1) is 40.0 Å². The molecule has 2 atom stereocenters. The highest BCUT2D eigenvalue weighted by Gasteiger charge is 2.27. The Morgan fingerprint density at radius 2 is 2.10 bits per heavy atom. The lowest BCUT2D eigenvalue weighted by molar-refractivity contribution is 0.283. The van der Waals surface area contributed by atoms with E-state index in [-0.39, 0.29) is 5.92 Å². The first-order valence-corrected chi connectivity index (χ1v) is 12.0. The normalized spacial score (nSPS) is 20.4. The molecule has 3 aromatic heterocycles. The van der Waals surface area contributed by atoms with Gasteiger partial charge in [-0.1, -0.05) is 18.5 Å². The second-order valence-corrected chi connectivity index (χ2v) is 9.90. The molecule has 3 aromatic rings. The van der Waals surface area contributed by atoms with E-state index in [4.69, 9.17) is 21.3 Å². The molecule has 0 aromatic carbocycles. The Bertz CT molecular complexity index is 1090. The third kappa shape index (κ3) is 4.99. The smallest absolute Gasteiger partial charge is 0.291 e. The van der Waals surface area contributed by atoms with Crippen LogP contribution in [0.25, 0.3) is 10.2 Å². The molecule has 158 valence electrons. The molecule has 0 aliphatic carbocycles. The van der Waals surface area contributed by atoms with Crippen molar-refractivity contribution in [3.05, 3.63) is 44.9 Å². The number of hydrogen-bond acceptors (Lipinski definition) is 7. The summed E-state index contributed by atoms with van der Waals surface area (Å²) < 4.78 is 7.06. The molecule has 6 nitrogen and oxygen atoms in total. The van der Waals surface area contributed by atoms with Crippen LogP contribution in [0.3, 0.4) is 0 Å². The Morgan fingerprint density at radius 1 is 1.23 bits per heavy atom. The summed E-state index contributed by atoms with van der Waals surface area (Å²) in [5.74, 6) is 0.796. The van der Waals surface area contributed by atoms with Crippen molar-refractivity contribution < 1.29 is 4.74 Å². The molecular formula is C21H24ClN5OS2. The van der Waals surface area contributed by atoms with Gasteiger partial charge in [-0.05, 0) is 50.3 Å². The van der Waals surface area contributed by atoms with E-state index in [9.17, 15) is 0 Å². The Hall–Kier alpha value is -2.03. The lowest BCUT2D eigenvalue weighted by Crippen LogP contribution is -2.44. The number of aliphatic imine (C=N–C) groups is 2. The third-order valence-electron chi connectivity index (χ3n) is 4.89. The zero-order valence-corrected chi connectivity index (χ0v) is 19.6. The van der Waals surface area contributed by atoms with Gasteiger partial charge >= 0.3 is 0 Å². The number of thiazole rings is 1. The number of pyridine rings is 1. The summed E-state index contributed by atoms with van der Waals surface area (Å²) in [6, 6.07) is 6.70. The van der Waals surface area contributed by atoms with Crippen molar-refractivity contribution in [2.24, 2.45) is 15.9 Å². The number of nitrogens with one attached hydrogen (secondary N) is 1. The lowest BCUT2D eigenvalue weighted by Gasteiger charge is -2.25. The monoisotopic (exact) mass is 461 g/mol. The molecule has 1 aliphatic heterocycles. The standard InChI is InChI=1S/C21H24ClN5OS2/c1-12-19(22)26-21(27-20(12)23-11-18-13(2)24-14(3)30-18)28-9-4-5-15-6-7-17-16(25-15)8-10-29-17/h6-8,10,12,19H,4-5,9,11H2,1-3H3,(H,23,26,27). The van der Waals surface area contributed by atoms with Crippen molar-refractivity contribution in [1.29, 1.82) is 0 Å². The molecule has 1 N–H and O–H groups in total. The maximum Gasteiger partial charge on any atom is 0.291 e. The molecule has 4 heterocycles. The Kier molecular flexibility index (Phi) is 6.65. The van der Waals surface area contributed by atoms with Gasteiger partial charge in [0, 0.05) is 10.6 Å². The van der Waals surface area contributed by atoms with Crippen LogP contribution in [0.2, 0.25) is 0 Å². The number of aryl methyl sites for hydroxylation is 3. The van der Waals surface area contributed by atoms with Crippen LogP contribution in [0.5, 0.6) is 0 Å². The lowest BCUT2D eigenvalue weighted by atomic mass is 10.1. The minimum atomic E-state index is -0.396. The fourth-order valence-corrected chi connectivity index (χ4v) is 4.99. The number of fused-ring (bicyclic) bond motifs is 1. The molecule has 9 heteroatoms. The first kappa shape index (κ1) is 21.2. The molecule has 0 spiro atoms. The summed E-state index contributed by atoms with van der Waals surface area (Å²) >= 11 is 9.81. The van der Waals surface area contributed by atoms with Gasteiger partial charge in [0.15, 0.2) is 0 Å². The molecule has 4 rings (SSSR count). The number of rotatable bonds is 6. The molecule has 2 unspecified atom stereocenters. The van der Waals surface area contributed by atoms with Gasteiger partial charge in [-0.3, -0.25) is 15.3 Å². The number of halogens is 1. The number of alkyl halides is 1. The number of amidine groups is 2. The molecule has 0 fully saturated rings. The summed E-state index contributed by atoms with van der Waals surface area (Å²) in [5.41, 5.74) is 2.77. The zero-order valence-electron chi connectivity index (χ0n) is 17.2. The summed E-state index contributed by atoms with van der Waals surface area (Å²) in [7, 11) is 0. The van der Waals surface area contributed by atoms with Gasteiger partial charge in [0.25, 0.3) is 6.02 Å². The van der Waals surface area contributed by atoms with E-state index in [1.54, 1.807) is 22.7 Å². The number of hydrogen-bond donors (Lipinski definition) is 1. The van der Waals surface area contributed by atoms with E-state index in [0.29, 0.717) is 19.2 Å². The largest absolute Gasteiger partial charge is 0.465 e. The predicted molar refractivity (Wildman–Crippen MR) is 126 cm³/mol. The Labute approximate surface area is 189 Å². The van der Waals surface area contributed by atoms with Crippen molar-refractivity contribution in [3.8, 4) is 0 Å². The molecule has 30 heavy (non-hydrogen) atoms. The first-order valence-electron chi connectivity index (χ1n) is 9.91. The van der Waals surface area contributed by atoms with Gasteiger partial charge < -0.3 is 4.74 Å². The zero-order chi connectivity index (χ0) is 21.1. The predicted octanol–water partition coefficient (Wildman–Crippen LogP) is 5.08. The topological polar surface area (TPSA) is 71.8 Å². The van der Waals surface area contributed by atoms with Gasteiger partial charge in [-0.25, -0.2) is 9.98 Å². The molecule has 0 amide bonds. The second kappa shape index (κ2) is 9.41. The number of nitrogens with zero attached hydrogens (tertiary/aromatic N) is 4. The fourth-order valence-electron chi connectivity index (χ4n) is 3.20. The van der Waals surface area contributed by atoms with Gasteiger partial charge in [-0.2, -0.15) is 0 Å². The van der Waals surface area contributed by atoms with E-state index in [0.717, 1.165) is 40.6 Å². The summed E-state index contributed by atoms with van der Waals surface area (Å²) in [6.45, 7) is 7.16. The maximum atomic E-state index is 6.42. The fraction of sp³-hybridized carbons (Fsp3) is 0.429. The van der Waals surface area contributed by atoms with Crippen LogP contribution >= 0.6 is 34.3 Å². The number of ether oxygens (including phenoxy) is 1. The van der Waals surface area contributed by atoms with Crippen LogP contribution in [-0.4, -0.2) is 33.9 Å². The van der Waals surface area contributed by atoms with Crippen LogP contribution in [0, 0.1) is 19.8 Å². The average molecular weight is 462 g/mol. The van der Waals surface area contributed by atoms with Crippen LogP contribution in [0.15, 0.2) is 33.6 Å². The quantitative estimate of drug-likeness (QED) is 0.315. The minimum absolute atomic E-state index is 0.00474. The number of thiophene rings is 1.